The predicted octanol–water partition coefficient (Wildman–Crippen LogP) is 3.42. The van der Waals surface area contributed by atoms with E-state index in [0.717, 1.165) is 29.4 Å². The standard InChI is InChI=1S/C16H28N2S/c1-11(2)10-17-15(19)18(3)16-7-12-4-13(8-16)6-14(5-12)9-16/h11-14H,4-10H2,1-3H3,(H,17,19). The van der Waals surface area contributed by atoms with Gasteiger partial charge in [-0.15, -0.1) is 0 Å². The first-order chi connectivity index (χ1) is 8.98. The smallest absolute Gasteiger partial charge is 0.169 e. The Morgan fingerprint density at radius 3 is 2.05 bits per heavy atom. The molecule has 0 amide bonds. The second-order valence-corrected chi connectivity index (χ2v) is 8.17. The normalized spacial score (nSPS) is 39.7. The van der Waals surface area contributed by atoms with Crippen LogP contribution < -0.4 is 5.32 Å². The van der Waals surface area contributed by atoms with Gasteiger partial charge >= 0.3 is 0 Å². The molecule has 0 aliphatic heterocycles. The lowest BCUT2D eigenvalue weighted by Gasteiger charge is -2.60. The number of hydrogen-bond donors (Lipinski definition) is 1. The van der Waals surface area contributed by atoms with Gasteiger partial charge in [0.25, 0.3) is 0 Å². The fourth-order valence-electron chi connectivity index (χ4n) is 5.10. The van der Waals surface area contributed by atoms with Crippen LogP contribution in [-0.4, -0.2) is 29.1 Å². The number of rotatable bonds is 3. The van der Waals surface area contributed by atoms with Crippen LogP contribution in [0.25, 0.3) is 0 Å². The minimum Gasteiger partial charge on any atom is -0.362 e. The van der Waals surface area contributed by atoms with Crippen LogP contribution >= 0.6 is 12.2 Å². The molecule has 0 aromatic carbocycles. The van der Waals surface area contributed by atoms with Gasteiger partial charge in [0.05, 0.1) is 0 Å². The van der Waals surface area contributed by atoms with Gasteiger partial charge < -0.3 is 10.2 Å². The summed E-state index contributed by atoms with van der Waals surface area (Å²) in [7, 11) is 2.24. The van der Waals surface area contributed by atoms with Crippen molar-refractivity contribution in [3.63, 3.8) is 0 Å². The molecule has 108 valence electrons. The van der Waals surface area contributed by atoms with Gasteiger partial charge in [-0.3, -0.25) is 0 Å². The third kappa shape index (κ3) is 2.51. The summed E-state index contributed by atoms with van der Waals surface area (Å²) in [5, 5.41) is 4.45. The highest BCUT2D eigenvalue weighted by molar-refractivity contribution is 7.80. The van der Waals surface area contributed by atoms with Gasteiger partial charge in [0.15, 0.2) is 5.11 Å². The van der Waals surface area contributed by atoms with Gasteiger partial charge in [0.2, 0.25) is 0 Å². The Balaban J connectivity index is 1.69. The van der Waals surface area contributed by atoms with E-state index in [9.17, 15) is 0 Å². The van der Waals surface area contributed by atoms with Crippen LogP contribution in [0.4, 0.5) is 0 Å². The Morgan fingerprint density at radius 1 is 1.16 bits per heavy atom. The second kappa shape index (κ2) is 4.91. The zero-order valence-electron chi connectivity index (χ0n) is 12.6. The summed E-state index contributed by atoms with van der Waals surface area (Å²) < 4.78 is 0. The van der Waals surface area contributed by atoms with Crippen molar-refractivity contribution in [1.82, 2.24) is 10.2 Å². The molecule has 0 unspecified atom stereocenters. The van der Waals surface area contributed by atoms with E-state index in [0.29, 0.717) is 11.5 Å². The Hall–Kier alpha value is -0.310. The molecular weight excluding hydrogens is 252 g/mol. The lowest BCUT2D eigenvalue weighted by molar-refractivity contribution is -0.0548. The van der Waals surface area contributed by atoms with Crippen molar-refractivity contribution in [2.24, 2.45) is 23.7 Å². The molecule has 0 aromatic heterocycles. The van der Waals surface area contributed by atoms with Crippen molar-refractivity contribution in [3.8, 4) is 0 Å². The fraction of sp³-hybridized carbons (Fsp3) is 0.938. The van der Waals surface area contributed by atoms with Crippen molar-refractivity contribution in [2.75, 3.05) is 13.6 Å². The number of thiocarbonyl (C=S) groups is 1. The van der Waals surface area contributed by atoms with E-state index in [2.05, 4.69) is 31.1 Å². The summed E-state index contributed by atoms with van der Waals surface area (Å²) in [6.45, 7) is 5.47. The molecule has 1 N–H and O–H groups in total. The highest BCUT2D eigenvalue weighted by Gasteiger charge is 2.53. The molecule has 4 fully saturated rings. The van der Waals surface area contributed by atoms with E-state index >= 15 is 0 Å². The molecule has 0 atom stereocenters. The Labute approximate surface area is 123 Å². The SMILES string of the molecule is CC(C)CNC(=S)N(C)C12CC3CC(CC(C3)C1)C2. The molecular formula is C16H28N2S. The largest absolute Gasteiger partial charge is 0.362 e. The van der Waals surface area contributed by atoms with E-state index in [-0.39, 0.29) is 0 Å². The monoisotopic (exact) mass is 280 g/mol. The fourth-order valence-corrected chi connectivity index (χ4v) is 5.38. The van der Waals surface area contributed by atoms with E-state index in [1.807, 2.05) is 0 Å². The van der Waals surface area contributed by atoms with Crippen LogP contribution in [0.5, 0.6) is 0 Å². The maximum atomic E-state index is 5.65. The van der Waals surface area contributed by atoms with Gasteiger partial charge in [-0.2, -0.15) is 0 Å². The topological polar surface area (TPSA) is 15.3 Å². The van der Waals surface area contributed by atoms with E-state index in [1.165, 1.54) is 38.5 Å². The van der Waals surface area contributed by atoms with Crippen LogP contribution in [-0.2, 0) is 0 Å². The molecule has 4 aliphatic rings. The lowest BCUT2D eigenvalue weighted by Crippen LogP contribution is -2.61. The van der Waals surface area contributed by atoms with E-state index in [4.69, 9.17) is 12.2 Å². The minimum absolute atomic E-state index is 0.399. The van der Waals surface area contributed by atoms with Crippen molar-refractivity contribution < 1.29 is 0 Å². The van der Waals surface area contributed by atoms with Crippen LogP contribution in [0.1, 0.15) is 52.4 Å². The van der Waals surface area contributed by atoms with E-state index in [1.54, 1.807) is 0 Å². The number of nitrogens with zero attached hydrogens (tertiary/aromatic N) is 1. The molecule has 4 saturated carbocycles. The van der Waals surface area contributed by atoms with E-state index < -0.39 is 0 Å². The zero-order chi connectivity index (χ0) is 13.6. The molecule has 0 aromatic rings. The molecule has 2 nitrogen and oxygen atoms in total. The molecule has 19 heavy (non-hydrogen) atoms. The molecule has 0 spiro atoms. The first kappa shape index (κ1) is 13.7. The summed E-state index contributed by atoms with van der Waals surface area (Å²) in [6.07, 6.45) is 8.66. The van der Waals surface area contributed by atoms with Crippen LogP contribution in [0.15, 0.2) is 0 Å². The van der Waals surface area contributed by atoms with Crippen LogP contribution in [0, 0.1) is 23.7 Å². The second-order valence-electron chi connectivity index (χ2n) is 7.78. The zero-order valence-corrected chi connectivity index (χ0v) is 13.4. The molecule has 0 heterocycles. The summed E-state index contributed by atoms with van der Waals surface area (Å²) in [5.74, 6) is 3.62. The third-order valence-electron chi connectivity index (χ3n) is 5.68. The molecule has 4 aliphatic carbocycles. The van der Waals surface area contributed by atoms with Crippen LogP contribution in [0.2, 0.25) is 0 Å². The van der Waals surface area contributed by atoms with Crippen LogP contribution in [0.3, 0.4) is 0 Å². The Kier molecular flexibility index (Phi) is 3.53. The summed E-state index contributed by atoms with van der Waals surface area (Å²) in [6, 6.07) is 0. The quantitative estimate of drug-likeness (QED) is 0.798. The molecule has 0 saturated heterocycles. The average molecular weight is 280 g/mol. The molecule has 0 radical (unpaired) electrons. The van der Waals surface area contributed by atoms with Gasteiger partial charge in [0.1, 0.15) is 0 Å². The van der Waals surface area contributed by atoms with Crippen molar-refractivity contribution >= 4 is 17.3 Å². The number of nitrogens with one attached hydrogen (secondary N) is 1. The summed E-state index contributed by atoms with van der Waals surface area (Å²) >= 11 is 5.65. The van der Waals surface area contributed by atoms with Gasteiger partial charge in [-0.05, 0) is 74.4 Å². The maximum Gasteiger partial charge on any atom is 0.169 e. The highest BCUT2D eigenvalue weighted by atomic mass is 32.1. The number of hydrogen-bond acceptors (Lipinski definition) is 1. The van der Waals surface area contributed by atoms with Crippen molar-refractivity contribution in [2.45, 2.75) is 57.9 Å². The summed E-state index contributed by atoms with van der Waals surface area (Å²) in [5.41, 5.74) is 0.399. The summed E-state index contributed by atoms with van der Waals surface area (Å²) in [4.78, 5) is 2.44. The van der Waals surface area contributed by atoms with Crippen molar-refractivity contribution in [1.29, 1.82) is 0 Å². The first-order valence-corrected chi connectivity index (χ1v) is 8.41. The van der Waals surface area contributed by atoms with Gasteiger partial charge in [-0.1, -0.05) is 13.8 Å². The Bertz CT molecular complexity index is 328. The Morgan fingerprint density at radius 2 is 1.63 bits per heavy atom. The lowest BCUT2D eigenvalue weighted by atomic mass is 9.52. The molecule has 4 rings (SSSR count). The molecule has 4 bridgehead atoms. The minimum atomic E-state index is 0.399. The maximum absolute atomic E-state index is 5.65. The van der Waals surface area contributed by atoms with Gasteiger partial charge in [-0.25, -0.2) is 0 Å². The average Bonchev–Trinajstić information content (AvgIpc) is 2.33. The first-order valence-electron chi connectivity index (χ1n) is 8.00. The van der Waals surface area contributed by atoms with Gasteiger partial charge in [0, 0.05) is 19.1 Å². The molecule has 3 heteroatoms. The third-order valence-corrected chi connectivity index (χ3v) is 6.10. The predicted molar refractivity (Wildman–Crippen MR) is 84.1 cm³/mol. The van der Waals surface area contributed by atoms with Crippen molar-refractivity contribution in [3.05, 3.63) is 0 Å². The highest BCUT2D eigenvalue weighted by Crippen LogP contribution is 2.57.